The fraction of sp³-hybridized carbons (Fsp3) is 0.700. The lowest BCUT2D eigenvalue weighted by Crippen LogP contribution is -2.46. The van der Waals surface area contributed by atoms with Gasteiger partial charge in [-0.3, -0.25) is 9.59 Å². The molecule has 0 spiro atoms. The van der Waals surface area contributed by atoms with E-state index in [1.807, 2.05) is 6.07 Å². The van der Waals surface area contributed by atoms with E-state index in [0.29, 0.717) is 0 Å². The summed E-state index contributed by atoms with van der Waals surface area (Å²) in [5, 5.41) is 11.1. The van der Waals surface area contributed by atoms with Gasteiger partial charge in [0, 0.05) is 11.8 Å². The number of hydrogen-bond acceptors (Lipinski definition) is 3. The van der Waals surface area contributed by atoms with Gasteiger partial charge in [-0.15, -0.1) is 0 Å². The molecule has 2 atom stereocenters. The summed E-state index contributed by atoms with van der Waals surface area (Å²) in [6.45, 7) is 5.12. The molecule has 0 bridgehead atoms. The molecule has 0 unspecified atom stereocenters. The highest BCUT2D eigenvalue weighted by atomic mass is 16.2. The molecule has 84 valence electrons. The molecule has 0 saturated carbocycles. The van der Waals surface area contributed by atoms with E-state index in [9.17, 15) is 9.59 Å². The Balaban J connectivity index is 4.37. The molecule has 5 heteroatoms. The zero-order valence-corrected chi connectivity index (χ0v) is 9.28. The summed E-state index contributed by atoms with van der Waals surface area (Å²) in [6, 6.07) is 1.24. The first-order valence-electron chi connectivity index (χ1n) is 4.87. The van der Waals surface area contributed by atoms with Gasteiger partial charge in [-0.2, -0.15) is 5.26 Å². The first-order chi connectivity index (χ1) is 6.88. The molecular formula is C10H17N3O2. The van der Waals surface area contributed by atoms with Crippen molar-refractivity contribution in [3.8, 4) is 6.07 Å². The number of hydrogen-bond donors (Lipinski definition) is 2. The van der Waals surface area contributed by atoms with E-state index in [0.717, 1.165) is 0 Å². The topological polar surface area (TPSA) is 96.0 Å². The maximum absolute atomic E-state index is 11.3. The van der Waals surface area contributed by atoms with Gasteiger partial charge in [0.05, 0.1) is 6.07 Å². The van der Waals surface area contributed by atoms with Crippen LogP contribution in [0.25, 0.3) is 0 Å². The molecule has 0 radical (unpaired) electrons. The molecular weight excluding hydrogens is 194 g/mol. The number of carbonyl (C=O) groups is 2. The van der Waals surface area contributed by atoms with Crippen molar-refractivity contribution in [3.63, 3.8) is 0 Å². The zero-order chi connectivity index (χ0) is 12.0. The molecule has 0 fully saturated rings. The van der Waals surface area contributed by atoms with Crippen molar-refractivity contribution >= 4 is 11.8 Å². The van der Waals surface area contributed by atoms with Gasteiger partial charge in [-0.05, 0) is 13.3 Å². The molecule has 15 heavy (non-hydrogen) atoms. The Hall–Kier alpha value is -1.57. The van der Waals surface area contributed by atoms with Crippen molar-refractivity contribution in [1.29, 1.82) is 5.26 Å². The van der Waals surface area contributed by atoms with Gasteiger partial charge in [-0.1, -0.05) is 13.8 Å². The second-order valence-electron chi connectivity index (χ2n) is 3.88. The van der Waals surface area contributed by atoms with Crippen molar-refractivity contribution < 1.29 is 9.59 Å². The summed E-state index contributed by atoms with van der Waals surface area (Å²) in [6.07, 6.45) is 0.254. The maximum Gasteiger partial charge on any atom is 0.240 e. The minimum atomic E-state index is -0.755. The fourth-order valence-electron chi connectivity index (χ4n) is 0.991. The first kappa shape index (κ1) is 13.4. The number of nitrogens with one attached hydrogen (secondary N) is 1. The largest absolute Gasteiger partial charge is 0.368 e. The van der Waals surface area contributed by atoms with Crippen LogP contribution in [0.4, 0.5) is 0 Å². The van der Waals surface area contributed by atoms with E-state index in [4.69, 9.17) is 11.0 Å². The van der Waals surface area contributed by atoms with Crippen molar-refractivity contribution in [2.75, 3.05) is 0 Å². The van der Waals surface area contributed by atoms with Crippen LogP contribution in [0.3, 0.4) is 0 Å². The Morgan fingerprint density at radius 2 is 1.93 bits per heavy atom. The highest BCUT2D eigenvalue weighted by molar-refractivity contribution is 5.87. The predicted octanol–water partition coefficient (Wildman–Crippen LogP) is 0.162. The average molecular weight is 211 g/mol. The van der Waals surface area contributed by atoms with Crippen molar-refractivity contribution in [2.45, 2.75) is 33.2 Å². The second-order valence-corrected chi connectivity index (χ2v) is 3.88. The van der Waals surface area contributed by atoms with Gasteiger partial charge < -0.3 is 11.1 Å². The number of nitrogens with two attached hydrogens (primary N) is 1. The molecule has 0 aliphatic heterocycles. The van der Waals surface area contributed by atoms with E-state index in [1.165, 1.54) is 0 Å². The van der Waals surface area contributed by atoms with Gasteiger partial charge in [0.2, 0.25) is 11.8 Å². The summed E-state index contributed by atoms with van der Waals surface area (Å²) in [5.41, 5.74) is 5.13. The van der Waals surface area contributed by atoms with Crippen LogP contribution in [-0.2, 0) is 9.59 Å². The second kappa shape index (κ2) is 6.02. The van der Waals surface area contributed by atoms with E-state index < -0.39 is 11.9 Å². The van der Waals surface area contributed by atoms with Crippen LogP contribution >= 0.6 is 0 Å². The number of primary amides is 1. The average Bonchev–Trinajstić information content (AvgIpc) is 2.15. The highest BCUT2D eigenvalue weighted by Crippen LogP contribution is 2.05. The highest BCUT2D eigenvalue weighted by Gasteiger charge is 2.21. The van der Waals surface area contributed by atoms with E-state index in [2.05, 4.69) is 5.32 Å². The number of carbonyl (C=O) groups excluding carboxylic acids is 2. The molecule has 2 amide bonds. The molecule has 0 aliphatic rings. The quantitative estimate of drug-likeness (QED) is 0.678. The van der Waals surface area contributed by atoms with Gasteiger partial charge in [0.25, 0.3) is 0 Å². The Labute approximate surface area is 89.6 Å². The third kappa shape index (κ3) is 5.01. The summed E-state index contributed by atoms with van der Waals surface area (Å²) in [7, 11) is 0. The minimum Gasteiger partial charge on any atom is -0.368 e. The molecule has 0 aromatic rings. The molecule has 0 heterocycles. The summed E-state index contributed by atoms with van der Waals surface area (Å²) in [4.78, 5) is 22.3. The lowest BCUT2D eigenvalue weighted by Gasteiger charge is -2.17. The molecule has 0 saturated heterocycles. The molecule has 0 aromatic carbocycles. The molecule has 0 aliphatic carbocycles. The van der Waals surface area contributed by atoms with E-state index >= 15 is 0 Å². The summed E-state index contributed by atoms with van der Waals surface area (Å²) < 4.78 is 0. The number of amides is 2. The molecule has 0 rings (SSSR count). The van der Waals surface area contributed by atoms with Crippen LogP contribution in [0.2, 0.25) is 0 Å². The van der Waals surface area contributed by atoms with Crippen molar-refractivity contribution in [3.05, 3.63) is 0 Å². The minimum absolute atomic E-state index is 0.204. The van der Waals surface area contributed by atoms with Gasteiger partial charge >= 0.3 is 0 Å². The Morgan fingerprint density at radius 3 is 2.27 bits per heavy atom. The summed E-state index contributed by atoms with van der Waals surface area (Å²) >= 11 is 0. The van der Waals surface area contributed by atoms with Gasteiger partial charge in [0.1, 0.15) is 6.04 Å². The van der Waals surface area contributed by atoms with Crippen LogP contribution < -0.4 is 11.1 Å². The zero-order valence-electron chi connectivity index (χ0n) is 9.28. The van der Waals surface area contributed by atoms with Crippen LogP contribution in [0.5, 0.6) is 0 Å². The Bertz CT molecular complexity index is 281. The lowest BCUT2D eigenvalue weighted by atomic mass is 10.0. The van der Waals surface area contributed by atoms with E-state index in [1.54, 1.807) is 20.8 Å². The van der Waals surface area contributed by atoms with Gasteiger partial charge in [-0.25, -0.2) is 0 Å². The fourth-order valence-corrected chi connectivity index (χ4v) is 0.991. The third-order valence-electron chi connectivity index (χ3n) is 1.99. The number of nitriles is 1. The monoisotopic (exact) mass is 211 g/mol. The third-order valence-corrected chi connectivity index (χ3v) is 1.99. The van der Waals surface area contributed by atoms with Crippen LogP contribution in [-0.4, -0.2) is 17.9 Å². The van der Waals surface area contributed by atoms with Crippen molar-refractivity contribution in [1.82, 2.24) is 5.32 Å². The molecule has 5 nitrogen and oxygen atoms in total. The Kier molecular flexibility index (Phi) is 5.39. The number of rotatable bonds is 5. The first-order valence-corrected chi connectivity index (χ1v) is 4.87. The molecule has 3 N–H and O–H groups in total. The maximum atomic E-state index is 11.3. The smallest absolute Gasteiger partial charge is 0.240 e. The normalized spacial score (nSPS) is 14.1. The summed E-state index contributed by atoms with van der Waals surface area (Å²) in [5.74, 6) is -1.35. The van der Waals surface area contributed by atoms with Crippen molar-refractivity contribution in [2.24, 2.45) is 17.6 Å². The van der Waals surface area contributed by atoms with E-state index in [-0.39, 0.29) is 24.2 Å². The predicted molar refractivity (Wildman–Crippen MR) is 55.4 cm³/mol. The van der Waals surface area contributed by atoms with Crippen LogP contribution in [0.1, 0.15) is 27.2 Å². The number of nitrogens with zero attached hydrogens (tertiary/aromatic N) is 1. The van der Waals surface area contributed by atoms with Gasteiger partial charge in [0.15, 0.2) is 0 Å². The standard InChI is InChI=1S/C10H17N3O2/c1-6(2)10(15)13-8(9(12)14)4-7(3)5-11/h6-8H,4H2,1-3H3,(H2,12,14)(H,13,15)/t7-,8-/m0/s1. The Morgan fingerprint density at radius 1 is 1.40 bits per heavy atom. The van der Waals surface area contributed by atoms with Crippen LogP contribution in [0.15, 0.2) is 0 Å². The SMILES string of the molecule is CC(C)C(=O)N[C@@H](C[C@H](C)C#N)C(N)=O. The molecule has 0 aromatic heterocycles. The van der Waals surface area contributed by atoms with Crippen LogP contribution in [0, 0.1) is 23.2 Å². The lowest BCUT2D eigenvalue weighted by molar-refractivity contribution is -0.129.